The number of rotatable bonds is 8. The van der Waals surface area contributed by atoms with Crippen LogP contribution in [0.5, 0.6) is 0 Å². The van der Waals surface area contributed by atoms with Crippen LogP contribution in [0.15, 0.2) is 25.3 Å². The van der Waals surface area contributed by atoms with Crippen molar-refractivity contribution in [1.29, 1.82) is 0 Å². The van der Waals surface area contributed by atoms with E-state index in [2.05, 4.69) is 32.1 Å². The number of carbonyl (C=O) groups excluding carboxylic acids is 4. The molecule has 0 aromatic carbocycles. The molecule has 22 heavy (non-hydrogen) atoms. The predicted molar refractivity (Wildman–Crippen MR) is 72.9 cm³/mol. The molecule has 2 unspecified atom stereocenters. The van der Waals surface area contributed by atoms with Gasteiger partial charge < -0.3 is 18.9 Å². The Hall–Kier alpha value is -2.64. The highest BCUT2D eigenvalue weighted by Crippen LogP contribution is 2.06. The Morgan fingerprint density at radius 3 is 1.32 bits per heavy atom. The van der Waals surface area contributed by atoms with Crippen LogP contribution >= 0.6 is 0 Å². The van der Waals surface area contributed by atoms with Gasteiger partial charge in [0.1, 0.15) is 0 Å². The van der Waals surface area contributed by atoms with Crippen molar-refractivity contribution in [1.82, 2.24) is 0 Å². The smallest absolute Gasteiger partial charge is 0.420 e. The molecule has 0 spiro atoms. The molecule has 8 nitrogen and oxygen atoms in total. The summed E-state index contributed by atoms with van der Waals surface area (Å²) >= 11 is 0. The van der Waals surface area contributed by atoms with Crippen LogP contribution in [-0.2, 0) is 38.1 Å². The van der Waals surface area contributed by atoms with Crippen LogP contribution in [0.25, 0.3) is 0 Å². The van der Waals surface area contributed by atoms with E-state index in [4.69, 9.17) is 0 Å². The lowest BCUT2D eigenvalue weighted by atomic mass is 10.4. The summed E-state index contributed by atoms with van der Waals surface area (Å²) in [6.45, 7) is 9.51. The molecule has 0 radical (unpaired) electrons. The molecule has 122 valence electrons. The van der Waals surface area contributed by atoms with Gasteiger partial charge in [0.05, 0.1) is 0 Å². The average Bonchev–Trinajstić information content (AvgIpc) is 2.52. The first-order valence-electron chi connectivity index (χ1n) is 6.45. The third kappa shape index (κ3) is 7.22. The van der Waals surface area contributed by atoms with Crippen molar-refractivity contribution >= 4 is 23.9 Å². The summed E-state index contributed by atoms with van der Waals surface area (Å²) in [7, 11) is 0. The van der Waals surface area contributed by atoms with E-state index in [1.807, 2.05) is 0 Å². The molecule has 0 aromatic heterocycles. The van der Waals surface area contributed by atoms with Crippen molar-refractivity contribution < 1.29 is 38.1 Å². The van der Waals surface area contributed by atoms with E-state index in [9.17, 15) is 19.2 Å². The first-order valence-corrected chi connectivity index (χ1v) is 6.45. The molecule has 2 atom stereocenters. The molecule has 0 rings (SSSR count). The number of hydrogen-bond donors (Lipinski definition) is 0. The minimum absolute atomic E-state index is 0.126. The summed E-state index contributed by atoms with van der Waals surface area (Å²) in [4.78, 5) is 45.0. The second-order valence-electron chi connectivity index (χ2n) is 3.77. The van der Waals surface area contributed by atoms with Gasteiger partial charge in [-0.25, -0.2) is 19.2 Å². The third-order valence-corrected chi connectivity index (χ3v) is 2.14. The van der Waals surface area contributed by atoms with Crippen molar-refractivity contribution in [2.75, 3.05) is 0 Å². The maximum atomic E-state index is 11.5. The van der Waals surface area contributed by atoms with E-state index in [0.29, 0.717) is 0 Å². The summed E-state index contributed by atoms with van der Waals surface area (Å²) in [5.74, 6) is -4.37. The fraction of sp³-hybridized carbons (Fsp3) is 0.429. The normalized spacial score (nSPS) is 12.3. The lowest BCUT2D eigenvalue weighted by Gasteiger charge is -2.17. The molecule has 0 aliphatic carbocycles. The van der Waals surface area contributed by atoms with Crippen LogP contribution < -0.4 is 0 Å². The summed E-state index contributed by atoms with van der Waals surface area (Å²) < 4.78 is 18.6. The van der Waals surface area contributed by atoms with E-state index in [0.717, 1.165) is 12.2 Å². The van der Waals surface area contributed by atoms with Gasteiger partial charge in [-0.3, -0.25) is 0 Å². The second kappa shape index (κ2) is 10.1. The molecule has 0 saturated heterocycles. The summed E-state index contributed by atoms with van der Waals surface area (Å²) in [6, 6.07) is 0. The molecule has 0 amide bonds. The second-order valence-corrected chi connectivity index (χ2v) is 3.77. The minimum atomic E-state index is -1.38. The van der Waals surface area contributed by atoms with Gasteiger partial charge in [-0.1, -0.05) is 27.0 Å². The topological polar surface area (TPSA) is 105 Å². The summed E-state index contributed by atoms with van der Waals surface area (Å²) in [5, 5.41) is 0. The quantitative estimate of drug-likeness (QED) is 0.283. The van der Waals surface area contributed by atoms with Crippen molar-refractivity contribution in [3.63, 3.8) is 0 Å². The van der Waals surface area contributed by atoms with Gasteiger partial charge in [-0.05, 0) is 0 Å². The lowest BCUT2D eigenvalue weighted by Crippen LogP contribution is -2.32. The molecule has 0 fully saturated rings. The predicted octanol–water partition coefficient (Wildman–Crippen LogP) is 1.00. The van der Waals surface area contributed by atoms with Gasteiger partial charge in [0.25, 0.3) is 0 Å². The monoisotopic (exact) mass is 314 g/mol. The van der Waals surface area contributed by atoms with Crippen molar-refractivity contribution in [3.8, 4) is 0 Å². The molecule has 0 aliphatic heterocycles. The van der Waals surface area contributed by atoms with E-state index >= 15 is 0 Å². The molecule has 8 heteroatoms. The molecular formula is C14H18O8. The first-order chi connectivity index (χ1) is 10.4. The Bertz CT molecular complexity index is 412. The van der Waals surface area contributed by atoms with Gasteiger partial charge in [0, 0.05) is 25.0 Å². The van der Waals surface area contributed by atoms with Gasteiger partial charge in [0.15, 0.2) is 0 Å². The van der Waals surface area contributed by atoms with Gasteiger partial charge in [-0.2, -0.15) is 0 Å². The van der Waals surface area contributed by atoms with Gasteiger partial charge in [-0.15, -0.1) is 0 Å². The lowest BCUT2D eigenvalue weighted by molar-refractivity contribution is -0.205. The Morgan fingerprint density at radius 2 is 1.09 bits per heavy atom. The number of esters is 4. The van der Waals surface area contributed by atoms with Crippen molar-refractivity contribution in [2.45, 2.75) is 39.3 Å². The third-order valence-electron chi connectivity index (χ3n) is 2.14. The molecule has 0 N–H and O–H groups in total. The van der Waals surface area contributed by atoms with Crippen molar-refractivity contribution in [2.24, 2.45) is 0 Å². The highest BCUT2D eigenvalue weighted by atomic mass is 16.7. The fourth-order valence-corrected chi connectivity index (χ4v) is 1.07. The van der Waals surface area contributed by atoms with E-state index in [1.165, 1.54) is 0 Å². The van der Waals surface area contributed by atoms with Crippen LogP contribution in [-0.4, -0.2) is 36.5 Å². The van der Waals surface area contributed by atoms with E-state index in [1.54, 1.807) is 13.8 Å². The SMILES string of the molecule is C=CC(=O)OC(CC)OC(=O)C(=O)OC(CC)OC(=O)C=C. The Morgan fingerprint density at radius 1 is 0.773 bits per heavy atom. The zero-order valence-corrected chi connectivity index (χ0v) is 12.4. The van der Waals surface area contributed by atoms with Crippen molar-refractivity contribution in [3.05, 3.63) is 25.3 Å². The highest BCUT2D eigenvalue weighted by molar-refractivity contribution is 6.29. The van der Waals surface area contributed by atoms with Crippen LogP contribution in [0.1, 0.15) is 26.7 Å². The molecule has 0 saturated carbocycles. The Kier molecular flexibility index (Phi) is 8.92. The zero-order valence-electron chi connectivity index (χ0n) is 12.4. The minimum Gasteiger partial charge on any atom is -0.422 e. The highest BCUT2D eigenvalue weighted by Gasteiger charge is 2.27. The van der Waals surface area contributed by atoms with Gasteiger partial charge >= 0.3 is 23.9 Å². The molecular weight excluding hydrogens is 296 g/mol. The molecule has 0 aromatic rings. The molecule has 0 bridgehead atoms. The first kappa shape index (κ1) is 19.4. The van der Waals surface area contributed by atoms with Crippen LogP contribution in [0.2, 0.25) is 0 Å². The number of carbonyl (C=O) groups is 4. The zero-order chi connectivity index (χ0) is 17.1. The molecule has 0 heterocycles. The van der Waals surface area contributed by atoms with Gasteiger partial charge in [0.2, 0.25) is 12.6 Å². The maximum absolute atomic E-state index is 11.5. The molecule has 0 aliphatic rings. The largest absolute Gasteiger partial charge is 0.422 e. The standard InChI is InChI=1S/C14H18O8/c1-5-9(15)19-11(7-3)21-13(17)14(18)22-12(8-4)20-10(16)6-2/h5-6,11-12H,1-2,7-8H2,3-4H3. The average molecular weight is 314 g/mol. The maximum Gasteiger partial charge on any atom is 0.420 e. The van der Waals surface area contributed by atoms with E-state index in [-0.39, 0.29) is 12.8 Å². The number of hydrogen-bond acceptors (Lipinski definition) is 8. The summed E-state index contributed by atoms with van der Waals surface area (Å²) in [5.41, 5.74) is 0. The van der Waals surface area contributed by atoms with Crippen LogP contribution in [0, 0.1) is 0 Å². The van der Waals surface area contributed by atoms with E-state index < -0.39 is 36.5 Å². The van der Waals surface area contributed by atoms with Crippen LogP contribution in [0.4, 0.5) is 0 Å². The summed E-state index contributed by atoms with van der Waals surface area (Å²) in [6.07, 6.45) is -0.474. The Balaban J connectivity index is 4.53. The van der Waals surface area contributed by atoms with Crippen LogP contribution in [0.3, 0.4) is 0 Å². The number of ether oxygens (including phenoxy) is 4. The Labute approximate surface area is 127 Å². The fourth-order valence-electron chi connectivity index (χ4n) is 1.07.